The Bertz CT molecular complexity index is 423. The molecule has 2 heterocycles. The lowest BCUT2D eigenvalue weighted by atomic mass is 10.2. The van der Waals surface area contributed by atoms with E-state index in [-0.39, 0.29) is 11.9 Å². The Morgan fingerprint density at radius 2 is 2.50 bits per heavy atom. The largest absolute Gasteiger partial charge is 0.358 e. The van der Waals surface area contributed by atoms with Crippen LogP contribution < -0.4 is 16.6 Å². The molecule has 0 aromatic carbocycles. The molecule has 1 amide bonds. The van der Waals surface area contributed by atoms with Gasteiger partial charge in [-0.25, -0.2) is 10.8 Å². The van der Waals surface area contributed by atoms with Crippen LogP contribution in [-0.4, -0.2) is 35.4 Å². The number of rotatable bonds is 4. The highest BCUT2D eigenvalue weighted by Gasteiger charge is 2.29. The van der Waals surface area contributed by atoms with Gasteiger partial charge in [-0.1, -0.05) is 0 Å². The summed E-state index contributed by atoms with van der Waals surface area (Å²) < 4.78 is 0. The maximum atomic E-state index is 11.7. The van der Waals surface area contributed by atoms with Crippen LogP contribution >= 0.6 is 0 Å². The van der Waals surface area contributed by atoms with Crippen molar-refractivity contribution in [2.75, 3.05) is 19.0 Å². The van der Waals surface area contributed by atoms with Crippen molar-refractivity contribution in [3.63, 3.8) is 0 Å². The van der Waals surface area contributed by atoms with Crippen LogP contribution in [0.3, 0.4) is 0 Å². The van der Waals surface area contributed by atoms with Gasteiger partial charge in [0.05, 0.1) is 6.04 Å². The third-order valence-electron chi connectivity index (χ3n) is 3.27. The normalized spacial score (nSPS) is 19.8. The number of pyridine rings is 1. The number of hydrazine groups is 1. The molecule has 0 aliphatic carbocycles. The van der Waals surface area contributed by atoms with E-state index in [2.05, 4.69) is 20.6 Å². The summed E-state index contributed by atoms with van der Waals surface area (Å²) in [5.41, 5.74) is 3.63. The Kier molecular flexibility index (Phi) is 4.11. The number of nitrogens with one attached hydrogen (secondary N) is 2. The van der Waals surface area contributed by atoms with Crippen LogP contribution in [0.2, 0.25) is 0 Å². The lowest BCUT2D eigenvalue weighted by Crippen LogP contribution is -2.41. The zero-order valence-corrected chi connectivity index (χ0v) is 10.5. The maximum Gasteiger partial charge on any atom is 0.237 e. The third kappa shape index (κ3) is 2.77. The van der Waals surface area contributed by atoms with Crippen LogP contribution in [0.15, 0.2) is 18.3 Å². The fraction of sp³-hybridized carbons (Fsp3) is 0.500. The Labute approximate surface area is 107 Å². The summed E-state index contributed by atoms with van der Waals surface area (Å²) in [7, 11) is 1.68. The summed E-state index contributed by atoms with van der Waals surface area (Å²) in [6, 6.07) is 3.83. The molecule has 6 heteroatoms. The number of likely N-dealkylation sites (tertiary alicyclic amines) is 1. The van der Waals surface area contributed by atoms with Crippen LogP contribution in [0.5, 0.6) is 0 Å². The van der Waals surface area contributed by atoms with Gasteiger partial charge in [-0.15, -0.1) is 0 Å². The molecule has 4 N–H and O–H groups in total. The summed E-state index contributed by atoms with van der Waals surface area (Å²) in [5, 5.41) is 2.72. The minimum Gasteiger partial charge on any atom is -0.358 e. The molecule has 0 spiro atoms. The molecule has 2 rings (SSSR count). The molecular weight excluding hydrogens is 230 g/mol. The quantitative estimate of drug-likeness (QED) is 0.520. The van der Waals surface area contributed by atoms with Gasteiger partial charge < -0.3 is 10.7 Å². The van der Waals surface area contributed by atoms with E-state index in [1.807, 2.05) is 12.1 Å². The molecule has 98 valence electrons. The summed E-state index contributed by atoms with van der Waals surface area (Å²) in [5.74, 6) is 6.07. The lowest BCUT2D eigenvalue weighted by Gasteiger charge is -2.23. The summed E-state index contributed by atoms with van der Waals surface area (Å²) >= 11 is 0. The van der Waals surface area contributed by atoms with Gasteiger partial charge in [0.2, 0.25) is 5.91 Å². The fourth-order valence-electron chi connectivity index (χ4n) is 2.37. The van der Waals surface area contributed by atoms with E-state index in [1.165, 1.54) is 0 Å². The van der Waals surface area contributed by atoms with Crippen LogP contribution in [0, 0.1) is 0 Å². The van der Waals surface area contributed by atoms with Crippen molar-refractivity contribution in [3.8, 4) is 0 Å². The molecule has 18 heavy (non-hydrogen) atoms. The average Bonchev–Trinajstić information content (AvgIpc) is 2.86. The SMILES string of the molecule is CNC(=O)C1CCCN1Cc1ccnc(NN)c1. The van der Waals surface area contributed by atoms with Gasteiger partial charge in [-0.05, 0) is 37.1 Å². The maximum absolute atomic E-state index is 11.7. The van der Waals surface area contributed by atoms with Crippen LogP contribution in [-0.2, 0) is 11.3 Å². The van der Waals surface area contributed by atoms with Gasteiger partial charge in [-0.3, -0.25) is 9.69 Å². The molecular formula is C12H19N5O. The van der Waals surface area contributed by atoms with Crippen molar-refractivity contribution in [3.05, 3.63) is 23.9 Å². The molecule has 0 radical (unpaired) electrons. The number of hydrogen-bond acceptors (Lipinski definition) is 5. The first kappa shape index (κ1) is 12.8. The van der Waals surface area contributed by atoms with E-state index in [0.29, 0.717) is 5.82 Å². The van der Waals surface area contributed by atoms with Gasteiger partial charge in [-0.2, -0.15) is 0 Å². The van der Waals surface area contributed by atoms with Crippen LogP contribution in [0.1, 0.15) is 18.4 Å². The minimum atomic E-state index is -0.0162. The van der Waals surface area contributed by atoms with Crippen molar-refractivity contribution >= 4 is 11.7 Å². The number of amides is 1. The standard InChI is InChI=1S/C12H19N5O/c1-14-12(18)10-3-2-6-17(10)8-9-4-5-15-11(7-9)16-13/h4-5,7,10H,2-3,6,8,13H2,1H3,(H,14,18)(H,15,16). The van der Waals surface area contributed by atoms with E-state index in [4.69, 9.17) is 5.84 Å². The Hall–Kier alpha value is -1.66. The smallest absolute Gasteiger partial charge is 0.237 e. The topological polar surface area (TPSA) is 83.3 Å². The lowest BCUT2D eigenvalue weighted by molar-refractivity contribution is -0.125. The van der Waals surface area contributed by atoms with Gasteiger partial charge in [0.1, 0.15) is 5.82 Å². The molecule has 1 unspecified atom stereocenters. The molecule has 1 aromatic heterocycles. The Morgan fingerprint density at radius 1 is 1.67 bits per heavy atom. The first-order valence-electron chi connectivity index (χ1n) is 6.12. The second kappa shape index (κ2) is 5.79. The van der Waals surface area contributed by atoms with Crippen LogP contribution in [0.25, 0.3) is 0 Å². The predicted molar refractivity (Wildman–Crippen MR) is 69.5 cm³/mol. The van der Waals surface area contributed by atoms with Crippen molar-refractivity contribution in [2.45, 2.75) is 25.4 Å². The molecule has 6 nitrogen and oxygen atoms in total. The van der Waals surface area contributed by atoms with Gasteiger partial charge >= 0.3 is 0 Å². The molecule has 1 atom stereocenters. The van der Waals surface area contributed by atoms with E-state index in [0.717, 1.165) is 31.5 Å². The highest BCUT2D eigenvalue weighted by atomic mass is 16.2. The third-order valence-corrected chi connectivity index (χ3v) is 3.27. The minimum absolute atomic E-state index is 0.0162. The zero-order valence-electron chi connectivity index (χ0n) is 10.5. The van der Waals surface area contributed by atoms with Crippen molar-refractivity contribution < 1.29 is 4.79 Å². The number of nitrogens with zero attached hydrogens (tertiary/aromatic N) is 2. The molecule has 1 aromatic rings. The summed E-state index contributed by atoms with van der Waals surface area (Å²) in [6.45, 7) is 1.70. The second-order valence-corrected chi connectivity index (χ2v) is 4.44. The van der Waals surface area contributed by atoms with Crippen molar-refractivity contribution in [2.24, 2.45) is 5.84 Å². The molecule has 0 bridgehead atoms. The molecule has 0 saturated carbocycles. The first-order chi connectivity index (χ1) is 8.74. The Morgan fingerprint density at radius 3 is 3.22 bits per heavy atom. The van der Waals surface area contributed by atoms with Crippen molar-refractivity contribution in [1.29, 1.82) is 0 Å². The first-order valence-corrected chi connectivity index (χ1v) is 6.12. The number of nitrogens with two attached hydrogens (primary N) is 1. The number of nitrogen functional groups attached to an aromatic ring is 1. The highest BCUT2D eigenvalue weighted by Crippen LogP contribution is 2.20. The number of likely N-dealkylation sites (N-methyl/N-ethyl adjacent to an activating group) is 1. The number of hydrogen-bond donors (Lipinski definition) is 3. The zero-order chi connectivity index (χ0) is 13.0. The second-order valence-electron chi connectivity index (χ2n) is 4.44. The number of aromatic nitrogens is 1. The van der Waals surface area contributed by atoms with Crippen LogP contribution in [0.4, 0.5) is 5.82 Å². The fourth-order valence-corrected chi connectivity index (χ4v) is 2.37. The van der Waals surface area contributed by atoms with E-state index in [9.17, 15) is 4.79 Å². The number of carbonyl (C=O) groups excluding carboxylic acids is 1. The average molecular weight is 249 g/mol. The number of anilines is 1. The van der Waals surface area contributed by atoms with E-state index >= 15 is 0 Å². The molecule has 1 saturated heterocycles. The van der Waals surface area contributed by atoms with E-state index in [1.54, 1.807) is 13.2 Å². The van der Waals surface area contributed by atoms with Gasteiger partial charge in [0.15, 0.2) is 0 Å². The Balaban J connectivity index is 2.05. The number of carbonyl (C=O) groups is 1. The highest BCUT2D eigenvalue weighted by molar-refractivity contribution is 5.81. The predicted octanol–water partition coefficient (Wildman–Crippen LogP) is 0.0776. The summed E-state index contributed by atoms with van der Waals surface area (Å²) in [4.78, 5) is 18.0. The monoisotopic (exact) mass is 249 g/mol. The van der Waals surface area contributed by atoms with Gasteiger partial charge in [0.25, 0.3) is 0 Å². The molecule has 1 aliphatic rings. The van der Waals surface area contributed by atoms with E-state index < -0.39 is 0 Å². The van der Waals surface area contributed by atoms with Gasteiger partial charge in [0, 0.05) is 19.8 Å². The molecule has 1 aliphatic heterocycles. The van der Waals surface area contributed by atoms with Crippen molar-refractivity contribution in [1.82, 2.24) is 15.2 Å². The summed E-state index contributed by atoms with van der Waals surface area (Å²) in [6.07, 6.45) is 3.70. The molecule has 1 fully saturated rings.